The summed E-state index contributed by atoms with van der Waals surface area (Å²) in [6, 6.07) is 55.6. The van der Waals surface area contributed by atoms with Gasteiger partial charge >= 0.3 is 0 Å². The van der Waals surface area contributed by atoms with Gasteiger partial charge < -0.3 is 4.90 Å². The zero-order chi connectivity index (χ0) is 30.9. The Kier molecular flexibility index (Phi) is 5.56. The molecule has 1 heteroatoms. The molecule has 3 aliphatic carbocycles. The van der Waals surface area contributed by atoms with Crippen LogP contribution in [0.2, 0.25) is 0 Å². The van der Waals surface area contributed by atoms with Gasteiger partial charge in [0.15, 0.2) is 0 Å². The SMILES string of the molecule is C1=C=Cc2c(cccc2-c2ccc(N(c3ccccc3)c3ccc4c(c3)-c3c5cccc3-c3cccc-4c3-c3ccccc3-5)cc2)C=1. The molecule has 10 rings (SSSR count). The lowest BCUT2D eigenvalue weighted by Crippen LogP contribution is -2.10. The van der Waals surface area contributed by atoms with Crippen molar-refractivity contribution in [2.45, 2.75) is 0 Å². The molecular formula is C46H27N. The van der Waals surface area contributed by atoms with E-state index in [9.17, 15) is 0 Å². The summed E-state index contributed by atoms with van der Waals surface area (Å²) in [5.74, 6) is 0. The van der Waals surface area contributed by atoms with Gasteiger partial charge in [-0.3, -0.25) is 0 Å². The largest absolute Gasteiger partial charge is 0.310 e. The Bertz CT molecular complexity index is 2500. The van der Waals surface area contributed by atoms with Gasteiger partial charge in [-0.15, -0.1) is 0 Å². The van der Waals surface area contributed by atoms with E-state index in [-0.39, 0.29) is 0 Å². The maximum absolute atomic E-state index is 3.14. The summed E-state index contributed by atoms with van der Waals surface area (Å²) in [5.41, 5.74) is 27.3. The second-order valence-electron chi connectivity index (χ2n) is 12.3. The molecule has 0 fully saturated rings. The first kappa shape index (κ1) is 25.9. The average Bonchev–Trinajstić information content (AvgIpc) is 3.25. The van der Waals surface area contributed by atoms with Gasteiger partial charge in [0.2, 0.25) is 0 Å². The minimum atomic E-state index is 1.11. The molecule has 0 aromatic heterocycles. The molecule has 0 spiro atoms. The van der Waals surface area contributed by atoms with Crippen LogP contribution < -0.4 is 4.90 Å². The molecule has 1 nitrogen and oxygen atoms in total. The molecule has 0 amide bonds. The molecule has 6 bridgehead atoms. The summed E-state index contributed by atoms with van der Waals surface area (Å²) < 4.78 is 0. The summed E-state index contributed by atoms with van der Waals surface area (Å²) in [4.78, 5) is 2.37. The topological polar surface area (TPSA) is 3.24 Å². The van der Waals surface area contributed by atoms with E-state index in [2.05, 4.69) is 168 Å². The number of benzene rings is 7. The number of anilines is 3. The molecular weight excluding hydrogens is 567 g/mol. The average molecular weight is 594 g/mol. The van der Waals surface area contributed by atoms with Crippen LogP contribution in [0.3, 0.4) is 0 Å². The highest BCUT2D eigenvalue weighted by Crippen LogP contribution is 2.57. The lowest BCUT2D eigenvalue weighted by Gasteiger charge is -2.28. The number of nitrogens with zero attached hydrogens (tertiary/aromatic N) is 1. The van der Waals surface area contributed by atoms with Crippen molar-refractivity contribution in [3.8, 4) is 66.8 Å². The van der Waals surface area contributed by atoms with E-state index >= 15 is 0 Å². The molecule has 0 unspecified atom stereocenters. The van der Waals surface area contributed by atoms with Gasteiger partial charge in [0, 0.05) is 17.1 Å². The van der Waals surface area contributed by atoms with Gasteiger partial charge in [0.1, 0.15) is 0 Å². The third-order valence-corrected chi connectivity index (χ3v) is 9.84. The van der Waals surface area contributed by atoms with Gasteiger partial charge in [0.05, 0.1) is 0 Å². The molecule has 0 radical (unpaired) electrons. The lowest BCUT2D eigenvalue weighted by molar-refractivity contribution is 1.28. The zero-order valence-electron chi connectivity index (χ0n) is 25.5. The lowest BCUT2D eigenvalue weighted by atomic mass is 9.83. The van der Waals surface area contributed by atoms with E-state index in [0.717, 1.165) is 17.1 Å². The van der Waals surface area contributed by atoms with Crippen molar-refractivity contribution in [1.29, 1.82) is 0 Å². The van der Waals surface area contributed by atoms with Crippen LogP contribution >= 0.6 is 0 Å². The second-order valence-corrected chi connectivity index (χ2v) is 12.3. The van der Waals surface area contributed by atoms with Crippen LogP contribution in [0, 0.1) is 0 Å². The van der Waals surface area contributed by atoms with Crippen LogP contribution in [-0.2, 0) is 0 Å². The van der Waals surface area contributed by atoms with Gasteiger partial charge in [0.25, 0.3) is 0 Å². The summed E-state index contributed by atoms with van der Waals surface area (Å²) >= 11 is 0. The smallest absolute Gasteiger partial charge is 0.0468 e. The Morgan fingerprint density at radius 2 is 0.872 bits per heavy atom. The van der Waals surface area contributed by atoms with Crippen LogP contribution in [0.5, 0.6) is 0 Å². The second kappa shape index (κ2) is 10.1. The third kappa shape index (κ3) is 3.86. The molecule has 0 saturated carbocycles. The van der Waals surface area contributed by atoms with Crippen molar-refractivity contribution >= 4 is 29.2 Å². The van der Waals surface area contributed by atoms with E-state index < -0.39 is 0 Å². The molecule has 3 aliphatic rings. The Hall–Kier alpha value is -6.36. The summed E-state index contributed by atoms with van der Waals surface area (Å²) in [6.45, 7) is 0. The maximum atomic E-state index is 3.14. The normalized spacial score (nSPS) is 12.2. The Morgan fingerprint density at radius 1 is 0.340 bits per heavy atom. The van der Waals surface area contributed by atoms with Crippen LogP contribution in [0.15, 0.2) is 163 Å². The molecule has 0 heterocycles. The number of fused-ring (bicyclic) bond motifs is 5. The quantitative estimate of drug-likeness (QED) is 0.184. The number of para-hydroxylation sites is 1. The molecule has 0 saturated heterocycles. The molecule has 7 aromatic carbocycles. The minimum absolute atomic E-state index is 1.11. The minimum Gasteiger partial charge on any atom is -0.310 e. The fourth-order valence-electron chi connectivity index (χ4n) is 7.80. The third-order valence-electron chi connectivity index (χ3n) is 9.84. The highest BCUT2D eigenvalue weighted by Gasteiger charge is 2.31. The fourth-order valence-corrected chi connectivity index (χ4v) is 7.80. The first-order chi connectivity index (χ1) is 23.3. The van der Waals surface area contributed by atoms with Gasteiger partial charge in [-0.1, -0.05) is 127 Å². The van der Waals surface area contributed by atoms with E-state index in [1.807, 2.05) is 12.2 Å². The van der Waals surface area contributed by atoms with Crippen molar-refractivity contribution in [3.63, 3.8) is 0 Å². The van der Waals surface area contributed by atoms with Crippen molar-refractivity contribution in [2.24, 2.45) is 0 Å². The standard InChI is InChI=1S/C46H27N/c1-2-13-32(14-3-1)47(33-25-23-31(24-26-33)36-18-8-12-30-11-4-5-15-35(30)36)34-27-28-38-41-20-10-21-42-43-22-9-19-40(46(43)44(38)29-34)37-16-6-7-17-39(37)45(41)42/h1-3,6-29H. The predicted molar refractivity (Wildman–Crippen MR) is 197 cm³/mol. The highest BCUT2D eigenvalue weighted by atomic mass is 15.1. The first-order valence-corrected chi connectivity index (χ1v) is 16.1. The summed E-state index contributed by atoms with van der Waals surface area (Å²) in [7, 11) is 0. The Morgan fingerprint density at radius 3 is 1.64 bits per heavy atom. The van der Waals surface area contributed by atoms with Gasteiger partial charge in [-0.2, -0.15) is 0 Å². The number of rotatable bonds is 4. The molecule has 216 valence electrons. The Labute approximate surface area is 274 Å². The molecule has 7 aromatic rings. The van der Waals surface area contributed by atoms with E-state index in [4.69, 9.17) is 0 Å². The van der Waals surface area contributed by atoms with E-state index in [1.165, 1.54) is 77.9 Å². The van der Waals surface area contributed by atoms with Crippen LogP contribution in [-0.4, -0.2) is 0 Å². The summed E-state index contributed by atoms with van der Waals surface area (Å²) in [6.07, 6.45) is 4.04. The fraction of sp³-hybridized carbons (Fsp3) is 0. The molecule has 0 atom stereocenters. The molecule has 47 heavy (non-hydrogen) atoms. The zero-order valence-corrected chi connectivity index (χ0v) is 25.5. The summed E-state index contributed by atoms with van der Waals surface area (Å²) in [5, 5.41) is 0. The van der Waals surface area contributed by atoms with Crippen molar-refractivity contribution in [2.75, 3.05) is 4.90 Å². The number of hydrogen-bond donors (Lipinski definition) is 0. The van der Waals surface area contributed by atoms with Crippen molar-refractivity contribution in [1.82, 2.24) is 0 Å². The Balaban J connectivity index is 1.17. The van der Waals surface area contributed by atoms with Crippen LogP contribution in [0.25, 0.3) is 78.9 Å². The van der Waals surface area contributed by atoms with Crippen molar-refractivity contribution < 1.29 is 0 Å². The maximum Gasteiger partial charge on any atom is 0.0468 e. The highest BCUT2D eigenvalue weighted by molar-refractivity contribution is 6.15. The molecule has 0 N–H and O–H groups in total. The first-order valence-electron chi connectivity index (χ1n) is 16.1. The van der Waals surface area contributed by atoms with Crippen molar-refractivity contribution in [3.05, 3.63) is 174 Å². The number of hydrogen-bond acceptors (Lipinski definition) is 1. The van der Waals surface area contributed by atoms with Crippen LogP contribution in [0.4, 0.5) is 17.1 Å². The predicted octanol–water partition coefficient (Wildman–Crippen LogP) is 12.6. The van der Waals surface area contributed by atoms with Gasteiger partial charge in [-0.25, -0.2) is 0 Å². The van der Waals surface area contributed by atoms with Gasteiger partial charge in [-0.05, 0) is 126 Å². The van der Waals surface area contributed by atoms with Crippen LogP contribution in [0.1, 0.15) is 11.1 Å². The monoisotopic (exact) mass is 593 g/mol. The molecule has 0 aliphatic heterocycles. The van der Waals surface area contributed by atoms with E-state index in [1.54, 1.807) is 0 Å². The van der Waals surface area contributed by atoms with E-state index in [0.29, 0.717) is 0 Å².